The highest BCUT2D eigenvalue weighted by atomic mass is 16.5. The summed E-state index contributed by atoms with van der Waals surface area (Å²) in [6.07, 6.45) is 5.72. The Bertz CT molecular complexity index is 456. The predicted molar refractivity (Wildman–Crippen MR) is 84.5 cm³/mol. The lowest BCUT2D eigenvalue weighted by molar-refractivity contribution is 0.0907. The van der Waals surface area contributed by atoms with Gasteiger partial charge in [0.05, 0.1) is 0 Å². The zero-order valence-corrected chi connectivity index (χ0v) is 12.7. The standard InChI is InChI=1S/C18H26N2O/c1-2-4-16(5-3-1)21-11-10-20-13-17(14-6-7-14)19-12-18(20)15-8-9-15/h1-5,14-15,17-19H,6-13H2. The molecule has 1 saturated heterocycles. The molecule has 1 aromatic rings. The maximum absolute atomic E-state index is 5.91. The van der Waals surface area contributed by atoms with Crippen LogP contribution in [-0.2, 0) is 0 Å². The molecule has 2 aliphatic carbocycles. The Morgan fingerprint density at radius 3 is 2.52 bits per heavy atom. The SMILES string of the molecule is c1ccc(OCCN2CC(C3CC3)NCC2C2CC2)cc1. The summed E-state index contributed by atoms with van der Waals surface area (Å²) in [5.74, 6) is 2.88. The Morgan fingerprint density at radius 2 is 1.81 bits per heavy atom. The van der Waals surface area contributed by atoms with Gasteiger partial charge in [0.25, 0.3) is 0 Å². The molecule has 1 heterocycles. The van der Waals surface area contributed by atoms with Crippen molar-refractivity contribution in [1.82, 2.24) is 10.2 Å². The number of ether oxygens (including phenoxy) is 1. The Morgan fingerprint density at radius 1 is 1.05 bits per heavy atom. The molecule has 0 amide bonds. The first kappa shape index (κ1) is 13.6. The van der Waals surface area contributed by atoms with Crippen LogP contribution in [0.3, 0.4) is 0 Å². The van der Waals surface area contributed by atoms with E-state index >= 15 is 0 Å². The molecule has 4 rings (SSSR count). The number of benzene rings is 1. The van der Waals surface area contributed by atoms with E-state index in [9.17, 15) is 0 Å². The summed E-state index contributed by atoms with van der Waals surface area (Å²) in [6.45, 7) is 4.30. The minimum atomic E-state index is 0.733. The molecule has 0 spiro atoms. The van der Waals surface area contributed by atoms with Crippen LogP contribution < -0.4 is 10.1 Å². The topological polar surface area (TPSA) is 24.5 Å². The van der Waals surface area contributed by atoms with E-state index in [4.69, 9.17) is 4.74 Å². The van der Waals surface area contributed by atoms with Gasteiger partial charge in [-0.2, -0.15) is 0 Å². The number of piperazine rings is 1. The zero-order chi connectivity index (χ0) is 14.1. The van der Waals surface area contributed by atoms with E-state index in [2.05, 4.69) is 10.2 Å². The van der Waals surface area contributed by atoms with Crippen LogP contribution in [0.5, 0.6) is 5.75 Å². The maximum atomic E-state index is 5.91. The van der Waals surface area contributed by atoms with E-state index in [-0.39, 0.29) is 0 Å². The highest BCUT2D eigenvalue weighted by Crippen LogP contribution is 2.39. The van der Waals surface area contributed by atoms with Crippen molar-refractivity contribution in [2.75, 3.05) is 26.2 Å². The number of rotatable bonds is 6. The van der Waals surface area contributed by atoms with Crippen LogP contribution >= 0.6 is 0 Å². The average Bonchev–Trinajstić information content (AvgIpc) is 3.41. The van der Waals surface area contributed by atoms with E-state index in [1.165, 1.54) is 38.8 Å². The van der Waals surface area contributed by atoms with E-state index in [1.54, 1.807) is 0 Å². The number of nitrogens with one attached hydrogen (secondary N) is 1. The van der Waals surface area contributed by atoms with Gasteiger partial charge < -0.3 is 10.1 Å². The molecule has 3 aliphatic rings. The maximum Gasteiger partial charge on any atom is 0.119 e. The minimum absolute atomic E-state index is 0.733. The molecular formula is C18H26N2O. The van der Waals surface area contributed by atoms with Crippen LogP contribution in [0.15, 0.2) is 30.3 Å². The zero-order valence-electron chi connectivity index (χ0n) is 12.7. The van der Waals surface area contributed by atoms with Gasteiger partial charge in [-0.25, -0.2) is 0 Å². The monoisotopic (exact) mass is 286 g/mol. The normalized spacial score (nSPS) is 30.3. The fourth-order valence-electron chi connectivity index (χ4n) is 3.67. The molecule has 3 heteroatoms. The van der Waals surface area contributed by atoms with Crippen molar-refractivity contribution in [3.05, 3.63) is 30.3 Å². The molecule has 0 aromatic heterocycles. The second-order valence-electron chi connectivity index (χ2n) is 6.91. The first-order valence-electron chi connectivity index (χ1n) is 8.55. The van der Waals surface area contributed by atoms with Crippen LogP contribution in [0.1, 0.15) is 25.7 Å². The van der Waals surface area contributed by atoms with Gasteiger partial charge in [0.15, 0.2) is 0 Å². The summed E-state index contributed by atoms with van der Waals surface area (Å²) in [4.78, 5) is 2.71. The lowest BCUT2D eigenvalue weighted by Gasteiger charge is -2.41. The van der Waals surface area contributed by atoms with Crippen molar-refractivity contribution >= 4 is 0 Å². The van der Waals surface area contributed by atoms with Gasteiger partial charge in [-0.3, -0.25) is 4.90 Å². The van der Waals surface area contributed by atoms with E-state index in [0.29, 0.717) is 0 Å². The third kappa shape index (κ3) is 3.41. The van der Waals surface area contributed by atoms with Crippen LogP contribution in [0.25, 0.3) is 0 Å². The highest BCUT2D eigenvalue weighted by Gasteiger charge is 2.42. The fourth-order valence-corrected chi connectivity index (χ4v) is 3.67. The summed E-state index contributed by atoms with van der Waals surface area (Å²) in [6, 6.07) is 11.7. The molecule has 2 unspecified atom stereocenters. The molecule has 0 bridgehead atoms. The molecule has 1 aromatic carbocycles. The van der Waals surface area contributed by atoms with E-state index in [0.717, 1.165) is 42.8 Å². The molecule has 2 saturated carbocycles. The molecule has 1 aliphatic heterocycles. The van der Waals surface area contributed by atoms with E-state index in [1.807, 2.05) is 30.3 Å². The van der Waals surface area contributed by atoms with Crippen molar-refractivity contribution in [3.8, 4) is 5.75 Å². The molecule has 0 radical (unpaired) electrons. The number of hydrogen-bond donors (Lipinski definition) is 1. The number of hydrogen-bond acceptors (Lipinski definition) is 3. The van der Waals surface area contributed by atoms with Gasteiger partial charge in [-0.1, -0.05) is 18.2 Å². The summed E-state index contributed by atoms with van der Waals surface area (Å²) in [5.41, 5.74) is 0. The summed E-state index contributed by atoms with van der Waals surface area (Å²) < 4.78 is 5.91. The smallest absolute Gasteiger partial charge is 0.119 e. The van der Waals surface area contributed by atoms with Gasteiger partial charge >= 0.3 is 0 Å². The first-order valence-corrected chi connectivity index (χ1v) is 8.55. The largest absolute Gasteiger partial charge is 0.492 e. The summed E-state index contributed by atoms with van der Waals surface area (Å²) >= 11 is 0. The van der Waals surface area contributed by atoms with Crippen molar-refractivity contribution in [2.24, 2.45) is 11.8 Å². The molecule has 3 fully saturated rings. The number of nitrogens with zero attached hydrogens (tertiary/aromatic N) is 1. The predicted octanol–water partition coefficient (Wildman–Crippen LogP) is 2.53. The second kappa shape index (κ2) is 5.98. The fraction of sp³-hybridized carbons (Fsp3) is 0.667. The lowest BCUT2D eigenvalue weighted by Crippen LogP contribution is -2.58. The quantitative estimate of drug-likeness (QED) is 0.870. The lowest BCUT2D eigenvalue weighted by atomic mass is 10.0. The molecule has 2 atom stereocenters. The third-order valence-electron chi connectivity index (χ3n) is 5.24. The second-order valence-corrected chi connectivity index (χ2v) is 6.91. The van der Waals surface area contributed by atoms with Gasteiger partial charge in [-0.05, 0) is 49.7 Å². The Hall–Kier alpha value is -1.06. The van der Waals surface area contributed by atoms with Crippen LogP contribution in [0.2, 0.25) is 0 Å². The average molecular weight is 286 g/mol. The van der Waals surface area contributed by atoms with Gasteiger partial charge in [0.1, 0.15) is 12.4 Å². The van der Waals surface area contributed by atoms with Crippen molar-refractivity contribution in [1.29, 1.82) is 0 Å². The Labute approximate surface area is 127 Å². The Balaban J connectivity index is 1.31. The summed E-state index contributed by atoms with van der Waals surface area (Å²) in [7, 11) is 0. The minimum Gasteiger partial charge on any atom is -0.492 e. The molecule has 3 nitrogen and oxygen atoms in total. The van der Waals surface area contributed by atoms with Gasteiger partial charge in [0.2, 0.25) is 0 Å². The van der Waals surface area contributed by atoms with E-state index < -0.39 is 0 Å². The first-order chi connectivity index (χ1) is 10.4. The van der Waals surface area contributed by atoms with Crippen LogP contribution in [-0.4, -0.2) is 43.2 Å². The van der Waals surface area contributed by atoms with Crippen molar-refractivity contribution in [2.45, 2.75) is 37.8 Å². The molecule has 114 valence electrons. The van der Waals surface area contributed by atoms with Crippen molar-refractivity contribution in [3.63, 3.8) is 0 Å². The van der Waals surface area contributed by atoms with Crippen molar-refractivity contribution < 1.29 is 4.74 Å². The van der Waals surface area contributed by atoms with Crippen LogP contribution in [0, 0.1) is 11.8 Å². The number of para-hydroxylation sites is 1. The van der Waals surface area contributed by atoms with Crippen LogP contribution in [0.4, 0.5) is 0 Å². The van der Waals surface area contributed by atoms with Gasteiger partial charge in [-0.15, -0.1) is 0 Å². The molecule has 21 heavy (non-hydrogen) atoms. The Kier molecular flexibility index (Phi) is 3.87. The molecule has 1 N–H and O–H groups in total. The van der Waals surface area contributed by atoms with Gasteiger partial charge in [0, 0.05) is 31.7 Å². The third-order valence-corrected chi connectivity index (χ3v) is 5.24. The highest BCUT2D eigenvalue weighted by molar-refractivity contribution is 5.20. The molecular weight excluding hydrogens is 260 g/mol. The summed E-state index contributed by atoms with van der Waals surface area (Å²) in [5, 5.41) is 3.81.